The SMILES string of the molecule is CC.COC(=O)C(=O)CC(=O)c1cc(C)c(Br)s1. The normalized spacial score (nSPS) is 9.17. The van der Waals surface area contributed by atoms with Crippen LogP contribution in [0.25, 0.3) is 0 Å². The van der Waals surface area contributed by atoms with E-state index in [1.54, 1.807) is 6.07 Å². The van der Waals surface area contributed by atoms with Crippen molar-refractivity contribution >= 4 is 44.8 Å². The Balaban J connectivity index is 0.00000137. The molecular formula is C12H15BrO4S. The van der Waals surface area contributed by atoms with Gasteiger partial charge in [0.2, 0.25) is 5.78 Å². The fourth-order valence-corrected chi connectivity index (χ4v) is 2.49. The molecule has 0 aliphatic rings. The van der Waals surface area contributed by atoms with E-state index >= 15 is 0 Å². The second-order valence-corrected chi connectivity index (χ2v) is 5.45. The molecule has 0 radical (unpaired) electrons. The highest BCUT2D eigenvalue weighted by Crippen LogP contribution is 2.28. The first-order valence-electron chi connectivity index (χ1n) is 5.36. The van der Waals surface area contributed by atoms with Crippen molar-refractivity contribution < 1.29 is 19.1 Å². The zero-order valence-electron chi connectivity index (χ0n) is 10.7. The van der Waals surface area contributed by atoms with Gasteiger partial charge in [-0.3, -0.25) is 9.59 Å². The van der Waals surface area contributed by atoms with Crippen LogP contribution in [0.5, 0.6) is 0 Å². The summed E-state index contributed by atoms with van der Waals surface area (Å²) in [5.74, 6) is -2.18. The van der Waals surface area contributed by atoms with Gasteiger partial charge in [-0.2, -0.15) is 0 Å². The first-order valence-corrected chi connectivity index (χ1v) is 6.97. The fourth-order valence-electron chi connectivity index (χ4n) is 1.02. The van der Waals surface area contributed by atoms with Gasteiger partial charge < -0.3 is 4.74 Å². The second kappa shape index (κ2) is 8.16. The molecule has 0 atom stereocenters. The minimum atomic E-state index is -0.985. The number of aryl methyl sites for hydroxylation is 1. The second-order valence-electron chi connectivity index (χ2n) is 3.08. The van der Waals surface area contributed by atoms with Crippen molar-refractivity contribution in [2.45, 2.75) is 27.2 Å². The van der Waals surface area contributed by atoms with E-state index in [-0.39, 0.29) is 5.78 Å². The average molecular weight is 335 g/mol. The van der Waals surface area contributed by atoms with Gasteiger partial charge in [0.15, 0.2) is 5.78 Å². The van der Waals surface area contributed by atoms with Gasteiger partial charge in [0, 0.05) is 0 Å². The maximum Gasteiger partial charge on any atom is 0.374 e. The molecule has 1 aromatic rings. The van der Waals surface area contributed by atoms with E-state index in [2.05, 4.69) is 20.7 Å². The summed E-state index contributed by atoms with van der Waals surface area (Å²) in [7, 11) is 1.11. The Hall–Kier alpha value is -1.01. The number of Topliss-reactive ketones (excluding diaryl/α,β-unsaturated/α-hetero) is 2. The number of hydrogen-bond donors (Lipinski definition) is 0. The Kier molecular flexibility index (Phi) is 7.70. The molecule has 18 heavy (non-hydrogen) atoms. The van der Waals surface area contributed by atoms with Crippen LogP contribution < -0.4 is 0 Å². The van der Waals surface area contributed by atoms with Crippen molar-refractivity contribution in [3.8, 4) is 0 Å². The molecular weight excluding hydrogens is 320 g/mol. The molecule has 0 saturated heterocycles. The maximum atomic E-state index is 11.6. The number of thiophene rings is 1. The first kappa shape index (κ1) is 17.0. The molecule has 1 rings (SSSR count). The van der Waals surface area contributed by atoms with E-state index in [9.17, 15) is 14.4 Å². The maximum absolute atomic E-state index is 11.6. The van der Waals surface area contributed by atoms with Gasteiger partial charge in [0.1, 0.15) is 0 Å². The van der Waals surface area contributed by atoms with E-state index in [1.807, 2.05) is 20.8 Å². The Morgan fingerprint density at radius 1 is 1.33 bits per heavy atom. The molecule has 0 bridgehead atoms. The smallest absolute Gasteiger partial charge is 0.374 e. The molecule has 0 aromatic carbocycles. The molecule has 6 heteroatoms. The van der Waals surface area contributed by atoms with Crippen molar-refractivity contribution in [3.05, 3.63) is 20.3 Å². The number of hydrogen-bond acceptors (Lipinski definition) is 5. The highest BCUT2D eigenvalue weighted by Gasteiger charge is 2.20. The lowest BCUT2D eigenvalue weighted by Crippen LogP contribution is -2.18. The van der Waals surface area contributed by atoms with Crippen LogP contribution in [0, 0.1) is 6.92 Å². The third-order valence-electron chi connectivity index (χ3n) is 1.87. The summed E-state index contributed by atoms with van der Waals surface area (Å²) in [5.41, 5.74) is 0.930. The van der Waals surface area contributed by atoms with Gasteiger partial charge in [-0.05, 0) is 34.5 Å². The van der Waals surface area contributed by atoms with Crippen molar-refractivity contribution in [2.75, 3.05) is 7.11 Å². The minimum Gasteiger partial charge on any atom is -0.463 e. The molecule has 1 heterocycles. The number of ether oxygens (including phenoxy) is 1. The minimum absolute atomic E-state index is 0.366. The summed E-state index contributed by atoms with van der Waals surface area (Å²) < 4.78 is 5.08. The van der Waals surface area contributed by atoms with Gasteiger partial charge in [-0.25, -0.2) is 4.79 Å². The lowest BCUT2D eigenvalue weighted by atomic mass is 10.1. The molecule has 4 nitrogen and oxygen atoms in total. The number of carbonyl (C=O) groups excluding carboxylic acids is 3. The van der Waals surface area contributed by atoms with E-state index in [1.165, 1.54) is 11.3 Å². The summed E-state index contributed by atoms with van der Waals surface area (Å²) in [6.45, 7) is 5.85. The Morgan fingerprint density at radius 3 is 2.28 bits per heavy atom. The van der Waals surface area contributed by atoms with E-state index < -0.39 is 18.2 Å². The number of halogens is 1. The van der Waals surface area contributed by atoms with Crippen molar-refractivity contribution in [1.82, 2.24) is 0 Å². The Bertz CT molecular complexity index is 431. The van der Waals surface area contributed by atoms with Gasteiger partial charge >= 0.3 is 5.97 Å². The Morgan fingerprint density at radius 2 is 1.89 bits per heavy atom. The highest BCUT2D eigenvalue weighted by molar-refractivity contribution is 9.11. The van der Waals surface area contributed by atoms with E-state index in [4.69, 9.17) is 0 Å². The number of ketones is 2. The molecule has 0 fully saturated rings. The lowest BCUT2D eigenvalue weighted by Gasteiger charge is -1.96. The number of methoxy groups -OCH3 is 1. The van der Waals surface area contributed by atoms with Crippen molar-refractivity contribution in [1.29, 1.82) is 0 Å². The molecule has 0 aliphatic carbocycles. The molecule has 1 aromatic heterocycles. The fraction of sp³-hybridized carbons (Fsp3) is 0.417. The average Bonchev–Trinajstić information content (AvgIpc) is 2.71. The van der Waals surface area contributed by atoms with Crippen molar-refractivity contribution in [2.24, 2.45) is 0 Å². The molecule has 0 unspecified atom stereocenters. The van der Waals surface area contributed by atoms with Crippen LogP contribution in [0.15, 0.2) is 9.85 Å². The van der Waals surface area contributed by atoms with Crippen molar-refractivity contribution in [3.63, 3.8) is 0 Å². The summed E-state index contributed by atoms with van der Waals surface area (Å²) in [6, 6.07) is 1.68. The molecule has 0 spiro atoms. The van der Waals surface area contributed by atoms with Crippen LogP contribution in [0.1, 0.15) is 35.5 Å². The standard InChI is InChI=1S/C10H9BrO4S.C2H6/c1-5-3-8(16-9(5)11)6(12)4-7(13)10(14)15-2;1-2/h3H,4H2,1-2H3;1-2H3. The van der Waals surface area contributed by atoms with Crippen LogP contribution in [-0.4, -0.2) is 24.6 Å². The number of esters is 1. The zero-order valence-corrected chi connectivity index (χ0v) is 13.1. The Labute approximate surface area is 118 Å². The summed E-state index contributed by atoms with van der Waals surface area (Å²) in [6.07, 6.45) is -0.445. The number of rotatable bonds is 4. The third kappa shape index (κ3) is 4.70. The van der Waals surface area contributed by atoms with Gasteiger partial charge in [-0.1, -0.05) is 13.8 Å². The zero-order chi connectivity index (χ0) is 14.3. The van der Waals surface area contributed by atoms with Gasteiger partial charge in [-0.15, -0.1) is 11.3 Å². The first-order chi connectivity index (χ1) is 8.45. The molecule has 0 saturated carbocycles. The predicted molar refractivity (Wildman–Crippen MR) is 74.1 cm³/mol. The van der Waals surface area contributed by atoms with Crippen LogP contribution >= 0.6 is 27.3 Å². The quantitative estimate of drug-likeness (QED) is 0.367. The third-order valence-corrected chi connectivity index (χ3v) is 4.04. The highest BCUT2D eigenvalue weighted by atomic mass is 79.9. The molecule has 0 N–H and O–H groups in total. The van der Waals surface area contributed by atoms with Crippen LogP contribution in [0.2, 0.25) is 0 Å². The largest absolute Gasteiger partial charge is 0.463 e. The van der Waals surface area contributed by atoms with E-state index in [0.717, 1.165) is 16.5 Å². The topological polar surface area (TPSA) is 60.4 Å². The van der Waals surface area contributed by atoms with Crippen LogP contribution in [0.3, 0.4) is 0 Å². The molecule has 0 amide bonds. The van der Waals surface area contributed by atoms with E-state index in [0.29, 0.717) is 4.88 Å². The summed E-state index contributed by atoms with van der Waals surface area (Å²) >= 11 is 4.53. The van der Waals surface area contributed by atoms with Gasteiger partial charge in [0.05, 0.1) is 22.2 Å². The molecule has 100 valence electrons. The predicted octanol–water partition coefficient (Wildman–Crippen LogP) is 3.16. The van der Waals surface area contributed by atoms with Crippen LogP contribution in [-0.2, 0) is 14.3 Å². The monoisotopic (exact) mass is 334 g/mol. The van der Waals surface area contributed by atoms with Gasteiger partial charge in [0.25, 0.3) is 0 Å². The summed E-state index contributed by atoms with van der Waals surface area (Å²) in [5, 5.41) is 0. The van der Waals surface area contributed by atoms with Crippen LogP contribution in [0.4, 0.5) is 0 Å². The number of carbonyl (C=O) groups is 3. The summed E-state index contributed by atoms with van der Waals surface area (Å²) in [4.78, 5) is 34.0. The lowest BCUT2D eigenvalue weighted by molar-refractivity contribution is -0.151. The molecule has 0 aliphatic heterocycles.